The SMILES string of the molecule is CCOC(=O)CN(CCOc1cccc(Br)c1)C(C)C. The van der Waals surface area contributed by atoms with Crippen LogP contribution < -0.4 is 4.74 Å². The van der Waals surface area contributed by atoms with Gasteiger partial charge in [-0.1, -0.05) is 22.0 Å². The summed E-state index contributed by atoms with van der Waals surface area (Å²) in [5.41, 5.74) is 0. The molecule has 20 heavy (non-hydrogen) atoms. The molecule has 1 aromatic carbocycles. The summed E-state index contributed by atoms with van der Waals surface area (Å²) in [4.78, 5) is 13.6. The highest BCUT2D eigenvalue weighted by Gasteiger charge is 2.14. The van der Waals surface area contributed by atoms with Gasteiger partial charge in [0, 0.05) is 17.1 Å². The predicted octanol–water partition coefficient (Wildman–Crippen LogP) is 3.10. The molecule has 0 aromatic heterocycles. The number of hydrogen-bond donors (Lipinski definition) is 0. The van der Waals surface area contributed by atoms with Crippen LogP contribution in [-0.2, 0) is 9.53 Å². The molecule has 0 aliphatic carbocycles. The van der Waals surface area contributed by atoms with Crippen LogP contribution >= 0.6 is 15.9 Å². The fourth-order valence-corrected chi connectivity index (χ4v) is 2.11. The summed E-state index contributed by atoms with van der Waals surface area (Å²) in [5.74, 6) is 0.628. The van der Waals surface area contributed by atoms with Gasteiger partial charge in [-0.05, 0) is 39.0 Å². The fourth-order valence-electron chi connectivity index (χ4n) is 1.73. The largest absolute Gasteiger partial charge is 0.492 e. The van der Waals surface area contributed by atoms with E-state index in [0.29, 0.717) is 26.3 Å². The lowest BCUT2D eigenvalue weighted by Crippen LogP contribution is -2.39. The van der Waals surface area contributed by atoms with Crippen molar-refractivity contribution in [1.82, 2.24) is 4.90 Å². The molecular weight excluding hydrogens is 322 g/mol. The number of halogens is 1. The van der Waals surface area contributed by atoms with Crippen molar-refractivity contribution in [3.63, 3.8) is 0 Å². The minimum absolute atomic E-state index is 0.191. The molecule has 0 spiro atoms. The zero-order valence-electron chi connectivity index (χ0n) is 12.3. The number of carbonyl (C=O) groups is 1. The zero-order valence-corrected chi connectivity index (χ0v) is 13.9. The molecule has 112 valence electrons. The average Bonchev–Trinajstić information content (AvgIpc) is 2.37. The molecule has 0 bridgehead atoms. The van der Waals surface area contributed by atoms with Gasteiger partial charge in [-0.15, -0.1) is 0 Å². The van der Waals surface area contributed by atoms with Crippen LogP contribution in [0.15, 0.2) is 28.7 Å². The van der Waals surface area contributed by atoms with Crippen molar-refractivity contribution < 1.29 is 14.3 Å². The third-order valence-corrected chi connectivity index (χ3v) is 3.30. The Kier molecular flexibility index (Phi) is 7.62. The van der Waals surface area contributed by atoms with Crippen LogP contribution in [0, 0.1) is 0 Å². The van der Waals surface area contributed by atoms with Crippen LogP contribution in [0.2, 0.25) is 0 Å². The van der Waals surface area contributed by atoms with Gasteiger partial charge in [0.15, 0.2) is 0 Å². The second-order valence-electron chi connectivity index (χ2n) is 4.68. The third kappa shape index (κ3) is 6.39. The van der Waals surface area contributed by atoms with Gasteiger partial charge in [0.2, 0.25) is 0 Å². The molecule has 1 aromatic rings. The van der Waals surface area contributed by atoms with Crippen LogP contribution in [0.5, 0.6) is 5.75 Å². The second-order valence-corrected chi connectivity index (χ2v) is 5.59. The molecule has 4 nitrogen and oxygen atoms in total. The first-order chi connectivity index (χ1) is 9.52. The molecule has 0 atom stereocenters. The predicted molar refractivity (Wildman–Crippen MR) is 83.0 cm³/mol. The molecule has 0 amide bonds. The molecule has 0 aliphatic rings. The van der Waals surface area contributed by atoms with Gasteiger partial charge in [0.25, 0.3) is 0 Å². The van der Waals surface area contributed by atoms with E-state index in [4.69, 9.17) is 9.47 Å². The van der Waals surface area contributed by atoms with Crippen molar-refractivity contribution in [2.75, 3.05) is 26.3 Å². The molecule has 1 rings (SSSR count). The maximum atomic E-state index is 11.5. The first-order valence-corrected chi connectivity index (χ1v) is 7.60. The Balaban J connectivity index is 2.41. The summed E-state index contributed by atoms with van der Waals surface area (Å²) in [6, 6.07) is 7.98. The van der Waals surface area contributed by atoms with Crippen molar-refractivity contribution in [1.29, 1.82) is 0 Å². The Morgan fingerprint density at radius 3 is 2.75 bits per heavy atom. The molecule has 0 saturated heterocycles. The van der Waals surface area contributed by atoms with Crippen molar-refractivity contribution in [2.24, 2.45) is 0 Å². The lowest BCUT2D eigenvalue weighted by Gasteiger charge is -2.25. The summed E-state index contributed by atoms with van der Waals surface area (Å²) < 4.78 is 11.6. The van der Waals surface area contributed by atoms with Crippen molar-refractivity contribution in [3.05, 3.63) is 28.7 Å². The Bertz CT molecular complexity index is 423. The molecule has 0 heterocycles. The zero-order chi connectivity index (χ0) is 15.0. The number of rotatable bonds is 8. The van der Waals surface area contributed by atoms with E-state index in [0.717, 1.165) is 10.2 Å². The Hall–Kier alpha value is -1.07. The lowest BCUT2D eigenvalue weighted by atomic mass is 10.3. The van der Waals surface area contributed by atoms with Gasteiger partial charge in [-0.2, -0.15) is 0 Å². The second kappa shape index (κ2) is 8.97. The molecule has 0 saturated carbocycles. The van der Waals surface area contributed by atoms with Crippen LogP contribution in [0.1, 0.15) is 20.8 Å². The first kappa shape index (κ1) is 17.0. The molecule has 5 heteroatoms. The normalized spacial score (nSPS) is 10.9. The number of nitrogens with zero attached hydrogens (tertiary/aromatic N) is 1. The maximum Gasteiger partial charge on any atom is 0.320 e. The van der Waals surface area contributed by atoms with Gasteiger partial charge < -0.3 is 9.47 Å². The highest BCUT2D eigenvalue weighted by molar-refractivity contribution is 9.10. The molecule has 0 radical (unpaired) electrons. The van der Waals surface area contributed by atoms with Crippen LogP contribution in [0.3, 0.4) is 0 Å². The van der Waals surface area contributed by atoms with Crippen LogP contribution in [0.4, 0.5) is 0 Å². The van der Waals surface area contributed by atoms with E-state index < -0.39 is 0 Å². The Morgan fingerprint density at radius 2 is 2.15 bits per heavy atom. The van der Waals surface area contributed by atoms with Gasteiger partial charge in [0.05, 0.1) is 13.2 Å². The van der Waals surface area contributed by atoms with E-state index in [9.17, 15) is 4.79 Å². The van der Waals surface area contributed by atoms with Crippen molar-refractivity contribution in [2.45, 2.75) is 26.8 Å². The van der Waals surface area contributed by atoms with Crippen LogP contribution in [0.25, 0.3) is 0 Å². The van der Waals surface area contributed by atoms with Crippen molar-refractivity contribution in [3.8, 4) is 5.75 Å². The summed E-state index contributed by atoms with van der Waals surface area (Å²) in [5, 5.41) is 0. The van der Waals surface area contributed by atoms with E-state index in [2.05, 4.69) is 29.8 Å². The third-order valence-electron chi connectivity index (χ3n) is 2.81. The number of carbonyl (C=O) groups excluding carboxylic acids is 1. The Morgan fingerprint density at radius 1 is 1.40 bits per heavy atom. The monoisotopic (exact) mass is 343 g/mol. The van der Waals surface area contributed by atoms with Gasteiger partial charge >= 0.3 is 5.97 Å². The molecule has 0 aliphatic heterocycles. The van der Waals surface area contributed by atoms with E-state index in [1.54, 1.807) is 0 Å². The molecular formula is C15H22BrNO3. The number of benzene rings is 1. The van der Waals surface area contributed by atoms with E-state index >= 15 is 0 Å². The van der Waals surface area contributed by atoms with Crippen molar-refractivity contribution >= 4 is 21.9 Å². The fraction of sp³-hybridized carbons (Fsp3) is 0.533. The van der Waals surface area contributed by atoms with Crippen LogP contribution in [-0.4, -0.2) is 43.2 Å². The molecule has 0 fully saturated rings. The molecule has 0 unspecified atom stereocenters. The summed E-state index contributed by atoms with van der Waals surface area (Å²) in [7, 11) is 0. The highest BCUT2D eigenvalue weighted by atomic mass is 79.9. The van der Waals surface area contributed by atoms with Gasteiger partial charge in [-0.25, -0.2) is 0 Å². The van der Waals surface area contributed by atoms with Gasteiger partial charge in [0.1, 0.15) is 12.4 Å². The number of esters is 1. The molecule has 0 N–H and O–H groups in total. The van der Waals surface area contributed by atoms with E-state index in [1.165, 1.54) is 0 Å². The number of ether oxygens (including phenoxy) is 2. The summed E-state index contributed by atoms with van der Waals surface area (Å²) in [6.45, 7) is 7.86. The first-order valence-electron chi connectivity index (χ1n) is 6.81. The van der Waals surface area contributed by atoms with E-state index in [-0.39, 0.29) is 12.0 Å². The standard InChI is InChI=1S/C15H22BrNO3/c1-4-19-15(18)11-17(12(2)3)8-9-20-14-7-5-6-13(16)10-14/h5-7,10,12H,4,8-9,11H2,1-3H3. The lowest BCUT2D eigenvalue weighted by molar-refractivity contribution is -0.145. The minimum Gasteiger partial charge on any atom is -0.492 e. The number of hydrogen-bond acceptors (Lipinski definition) is 4. The smallest absolute Gasteiger partial charge is 0.320 e. The van der Waals surface area contributed by atoms with E-state index in [1.807, 2.05) is 36.1 Å². The summed E-state index contributed by atoms with van der Waals surface area (Å²) >= 11 is 3.40. The highest BCUT2D eigenvalue weighted by Crippen LogP contribution is 2.17. The topological polar surface area (TPSA) is 38.8 Å². The average molecular weight is 344 g/mol. The maximum absolute atomic E-state index is 11.5. The quantitative estimate of drug-likeness (QED) is 0.680. The van der Waals surface area contributed by atoms with Gasteiger partial charge in [-0.3, -0.25) is 9.69 Å². The minimum atomic E-state index is -0.191. The Labute approximate surface area is 129 Å². The summed E-state index contributed by atoms with van der Waals surface area (Å²) in [6.07, 6.45) is 0.